The van der Waals surface area contributed by atoms with Gasteiger partial charge in [0.15, 0.2) is 0 Å². The van der Waals surface area contributed by atoms with Gasteiger partial charge in [-0.05, 0) is 18.6 Å². The summed E-state index contributed by atoms with van der Waals surface area (Å²) >= 11 is 0. The van der Waals surface area contributed by atoms with Gasteiger partial charge < -0.3 is 14.6 Å². The van der Waals surface area contributed by atoms with E-state index < -0.39 is 0 Å². The van der Waals surface area contributed by atoms with Gasteiger partial charge in [-0.15, -0.1) is 0 Å². The van der Waals surface area contributed by atoms with Crippen LogP contribution in [0.25, 0.3) is 0 Å². The Balaban J connectivity index is 3.01. The normalized spacial score (nSPS) is 10.1. The summed E-state index contributed by atoms with van der Waals surface area (Å²) in [7, 11) is 3.25. The monoisotopic (exact) mass is 211 g/mol. The van der Waals surface area contributed by atoms with Gasteiger partial charge >= 0.3 is 0 Å². The number of aliphatic hydroxyl groups is 1. The average molecular weight is 211 g/mol. The highest BCUT2D eigenvalue weighted by Gasteiger charge is 2.08. The first-order chi connectivity index (χ1) is 7.22. The standard InChI is InChI=1S/C11H17NO3/c1-8-4-9(14-2)5-11(15-3)10(8)6-12-7-13/h4-5,12-13H,6-7H2,1-3H3. The zero-order valence-corrected chi connectivity index (χ0v) is 9.33. The van der Waals surface area contributed by atoms with E-state index in [2.05, 4.69) is 5.32 Å². The van der Waals surface area contributed by atoms with Gasteiger partial charge in [-0.3, -0.25) is 5.32 Å². The molecule has 0 amide bonds. The maximum Gasteiger partial charge on any atom is 0.127 e. The Morgan fingerprint density at radius 2 is 2.00 bits per heavy atom. The molecule has 0 aliphatic rings. The summed E-state index contributed by atoms with van der Waals surface area (Å²) in [6.07, 6.45) is 0. The quantitative estimate of drug-likeness (QED) is 0.715. The highest BCUT2D eigenvalue weighted by molar-refractivity contribution is 5.46. The van der Waals surface area contributed by atoms with E-state index in [4.69, 9.17) is 14.6 Å². The smallest absolute Gasteiger partial charge is 0.127 e. The highest BCUT2D eigenvalue weighted by atomic mass is 16.5. The molecule has 0 fully saturated rings. The fourth-order valence-electron chi connectivity index (χ4n) is 1.46. The Morgan fingerprint density at radius 1 is 1.27 bits per heavy atom. The summed E-state index contributed by atoms with van der Waals surface area (Å²) in [5.41, 5.74) is 2.11. The maximum atomic E-state index is 8.71. The van der Waals surface area contributed by atoms with Gasteiger partial charge in [0.1, 0.15) is 11.5 Å². The lowest BCUT2D eigenvalue weighted by Gasteiger charge is -2.13. The average Bonchev–Trinajstić information content (AvgIpc) is 2.26. The predicted molar refractivity (Wildman–Crippen MR) is 58.2 cm³/mol. The van der Waals surface area contributed by atoms with Crippen LogP contribution in [-0.2, 0) is 6.54 Å². The number of aryl methyl sites for hydroxylation is 1. The minimum atomic E-state index is -0.0470. The van der Waals surface area contributed by atoms with Crippen molar-refractivity contribution >= 4 is 0 Å². The second kappa shape index (κ2) is 5.58. The Bertz CT molecular complexity index is 326. The number of aliphatic hydroxyl groups excluding tert-OH is 1. The molecule has 84 valence electrons. The van der Waals surface area contributed by atoms with Gasteiger partial charge in [0.25, 0.3) is 0 Å². The first-order valence-electron chi connectivity index (χ1n) is 4.76. The fraction of sp³-hybridized carbons (Fsp3) is 0.455. The molecular formula is C11H17NO3. The van der Waals surface area contributed by atoms with Crippen molar-refractivity contribution in [1.29, 1.82) is 0 Å². The Labute approximate surface area is 89.8 Å². The molecule has 0 saturated heterocycles. The molecule has 4 nitrogen and oxygen atoms in total. The van der Waals surface area contributed by atoms with Crippen LogP contribution in [0, 0.1) is 6.92 Å². The van der Waals surface area contributed by atoms with Crippen molar-refractivity contribution in [2.24, 2.45) is 0 Å². The molecule has 0 atom stereocenters. The summed E-state index contributed by atoms with van der Waals surface area (Å²) in [6, 6.07) is 3.78. The number of hydrogen-bond donors (Lipinski definition) is 2. The van der Waals surface area contributed by atoms with Gasteiger partial charge in [0.2, 0.25) is 0 Å². The van der Waals surface area contributed by atoms with Crippen molar-refractivity contribution in [1.82, 2.24) is 5.32 Å². The summed E-state index contributed by atoms with van der Waals surface area (Å²) in [5, 5.41) is 11.6. The minimum Gasteiger partial charge on any atom is -0.497 e. The molecule has 2 N–H and O–H groups in total. The second-order valence-corrected chi connectivity index (χ2v) is 3.21. The molecular weight excluding hydrogens is 194 g/mol. The van der Waals surface area contributed by atoms with Crippen molar-refractivity contribution in [2.45, 2.75) is 13.5 Å². The molecule has 1 aromatic rings. The van der Waals surface area contributed by atoms with Crippen molar-refractivity contribution in [2.75, 3.05) is 21.0 Å². The Hall–Kier alpha value is -1.26. The van der Waals surface area contributed by atoms with Crippen molar-refractivity contribution in [3.05, 3.63) is 23.3 Å². The van der Waals surface area contributed by atoms with Crippen LogP contribution < -0.4 is 14.8 Å². The number of ether oxygens (including phenoxy) is 2. The molecule has 0 spiro atoms. The van der Waals surface area contributed by atoms with E-state index in [-0.39, 0.29) is 6.73 Å². The van der Waals surface area contributed by atoms with Gasteiger partial charge in [-0.25, -0.2) is 0 Å². The van der Waals surface area contributed by atoms with Crippen LogP contribution in [0.2, 0.25) is 0 Å². The zero-order valence-electron chi connectivity index (χ0n) is 9.33. The lowest BCUT2D eigenvalue weighted by Crippen LogP contribution is -2.15. The molecule has 1 rings (SSSR count). The van der Waals surface area contributed by atoms with Gasteiger partial charge in [-0.2, -0.15) is 0 Å². The van der Waals surface area contributed by atoms with Crippen LogP contribution in [0.5, 0.6) is 11.5 Å². The van der Waals surface area contributed by atoms with E-state index in [9.17, 15) is 0 Å². The summed E-state index contributed by atoms with van der Waals surface area (Å²) in [5.74, 6) is 1.55. The molecule has 0 radical (unpaired) electrons. The number of benzene rings is 1. The van der Waals surface area contributed by atoms with Crippen molar-refractivity contribution < 1.29 is 14.6 Å². The van der Waals surface area contributed by atoms with Crippen molar-refractivity contribution in [3.8, 4) is 11.5 Å². The zero-order chi connectivity index (χ0) is 11.3. The molecule has 0 unspecified atom stereocenters. The lowest BCUT2D eigenvalue weighted by molar-refractivity contribution is 0.258. The van der Waals surface area contributed by atoms with Crippen LogP contribution in [0.4, 0.5) is 0 Å². The van der Waals surface area contributed by atoms with E-state index in [1.54, 1.807) is 14.2 Å². The second-order valence-electron chi connectivity index (χ2n) is 3.21. The Morgan fingerprint density at radius 3 is 2.53 bits per heavy atom. The molecule has 0 aliphatic heterocycles. The van der Waals surface area contributed by atoms with Crippen LogP contribution in [0.15, 0.2) is 12.1 Å². The lowest BCUT2D eigenvalue weighted by atomic mass is 10.1. The van der Waals surface area contributed by atoms with Gasteiger partial charge in [0, 0.05) is 18.2 Å². The molecule has 0 bridgehead atoms. The number of hydrogen-bond acceptors (Lipinski definition) is 4. The SMILES string of the molecule is COc1cc(C)c(CNCO)c(OC)c1. The molecule has 4 heteroatoms. The van der Waals surface area contributed by atoms with E-state index in [1.807, 2.05) is 19.1 Å². The first-order valence-corrected chi connectivity index (χ1v) is 4.76. The third kappa shape index (κ3) is 2.84. The molecule has 1 aromatic carbocycles. The first kappa shape index (κ1) is 11.8. The maximum absolute atomic E-state index is 8.71. The molecule has 0 aliphatic carbocycles. The van der Waals surface area contributed by atoms with E-state index >= 15 is 0 Å². The highest BCUT2D eigenvalue weighted by Crippen LogP contribution is 2.28. The van der Waals surface area contributed by atoms with E-state index in [0.717, 1.165) is 22.6 Å². The van der Waals surface area contributed by atoms with E-state index in [0.29, 0.717) is 6.54 Å². The van der Waals surface area contributed by atoms with Crippen molar-refractivity contribution in [3.63, 3.8) is 0 Å². The van der Waals surface area contributed by atoms with Gasteiger partial charge in [0.05, 0.1) is 21.0 Å². The third-order valence-electron chi connectivity index (χ3n) is 2.27. The van der Waals surface area contributed by atoms with Gasteiger partial charge in [-0.1, -0.05) is 0 Å². The Kier molecular flexibility index (Phi) is 4.39. The predicted octanol–water partition coefficient (Wildman–Crippen LogP) is 1.05. The summed E-state index contributed by atoms with van der Waals surface area (Å²) in [6.45, 7) is 2.52. The molecule has 0 saturated carbocycles. The molecule has 0 aromatic heterocycles. The minimum absolute atomic E-state index is 0.0470. The van der Waals surface area contributed by atoms with E-state index in [1.165, 1.54) is 0 Å². The fourth-order valence-corrected chi connectivity index (χ4v) is 1.46. The molecule has 0 heterocycles. The third-order valence-corrected chi connectivity index (χ3v) is 2.27. The molecule has 15 heavy (non-hydrogen) atoms. The van der Waals surface area contributed by atoms with Crippen LogP contribution in [0.3, 0.4) is 0 Å². The number of methoxy groups -OCH3 is 2. The number of nitrogens with one attached hydrogen (secondary N) is 1. The summed E-state index contributed by atoms with van der Waals surface area (Å²) in [4.78, 5) is 0. The summed E-state index contributed by atoms with van der Waals surface area (Å²) < 4.78 is 10.4. The van der Waals surface area contributed by atoms with Crippen LogP contribution >= 0.6 is 0 Å². The van der Waals surface area contributed by atoms with Crippen LogP contribution in [-0.4, -0.2) is 26.1 Å². The topological polar surface area (TPSA) is 50.7 Å². The van der Waals surface area contributed by atoms with Crippen LogP contribution in [0.1, 0.15) is 11.1 Å². The largest absolute Gasteiger partial charge is 0.497 e. The number of rotatable bonds is 5.